The summed E-state index contributed by atoms with van der Waals surface area (Å²) >= 11 is 0. The molecule has 0 aliphatic carbocycles. The smallest absolute Gasteiger partial charge is 0.268 e. The number of phosphoric ester groups is 1. The van der Waals surface area contributed by atoms with Crippen LogP contribution in [-0.2, 0) is 18.4 Å². The quantitative estimate of drug-likeness (QED) is 0.0272. The highest BCUT2D eigenvalue weighted by Crippen LogP contribution is 2.38. The molecule has 0 saturated carbocycles. The zero-order valence-electron chi connectivity index (χ0n) is 43.7. The summed E-state index contributed by atoms with van der Waals surface area (Å²) in [6, 6.07) is -0.900. The summed E-state index contributed by atoms with van der Waals surface area (Å²) in [5.41, 5.74) is 0. The van der Waals surface area contributed by atoms with Crippen LogP contribution < -0.4 is 10.2 Å². The van der Waals surface area contributed by atoms with Crippen LogP contribution in [0.1, 0.15) is 264 Å². The third kappa shape index (κ3) is 50.4. The molecule has 2 N–H and O–H groups in total. The van der Waals surface area contributed by atoms with Gasteiger partial charge in [-0.3, -0.25) is 9.36 Å². The zero-order valence-corrected chi connectivity index (χ0v) is 44.6. The molecule has 0 heterocycles. The van der Waals surface area contributed by atoms with Crippen LogP contribution >= 0.6 is 7.82 Å². The van der Waals surface area contributed by atoms with Gasteiger partial charge in [-0.25, -0.2) is 0 Å². The zero-order chi connectivity index (χ0) is 47.8. The van der Waals surface area contributed by atoms with Crippen molar-refractivity contribution in [2.75, 3.05) is 40.9 Å². The van der Waals surface area contributed by atoms with Gasteiger partial charge in [0.25, 0.3) is 7.82 Å². The summed E-state index contributed by atoms with van der Waals surface area (Å²) in [6.45, 7) is 4.62. The molecule has 1 amide bonds. The van der Waals surface area contributed by atoms with Gasteiger partial charge in [-0.1, -0.05) is 237 Å². The number of phosphoric acid groups is 1. The van der Waals surface area contributed by atoms with Gasteiger partial charge in [-0.15, -0.1) is 0 Å². The van der Waals surface area contributed by atoms with E-state index in [1.807, 2.05) is 27.2 Å². The molecule has 0 radical (unpaired) electrons. The van der Waals surface area contributed by atoms with E-state index in [2.05, 4.69) is 43.5 Å². The largest absolute Gasteiger partial charge is 0.756 e. The number of quaternary nitrogens is 1. The Balaban J connectivity index is 3.99. The van der Waals surface area contributed by atoms with Crippen molar-refractivity contribution in [3.05, 3.63) is 36.5 Å². The fourth-order valence-corrected chi connectivity index (χ4v) is 8.89. The maximum absolute atomic E-state index is 12.9. The minimum atomic E-state index is -4.59. The average Bonchev–Trinajstić information content (AvgIpc) is 3.26. The van der Waals surface area contributed by atoms with Gasteiger partial charge in [0.15, 0.2) is 0 Å². The molecule has 0 aliphatic rings. The van der Waals surface area contributed by atoms with E-state index >= 15 is 0 Å². The third-order valence-corrected chi connectivity index (χ3v) is 13.5. The Hall–Kier alpha value is -1.28. The highest BCUT2D eigenvalue weighted by atomic mass is 31.2. The molecule has 0 spiro atoms. The summed E-state index contributed by atoms with van der Waals surface area (Å²) in [6.07, 6.45) is 61.0. The lowest BCUT2D eigenvalue weighted by Gasteiger charge is -2.29. The Labute approximate surface area is 404 Å². The van der Waals surface area contributed by atoms with E-state index in [0.717, 1.165) is 38.5 Å². The monoisotopic (exact) mass is 937 g/mol. The maximum atomic E-state index is 12.9. The van der Waals surface area contributed by atoms with E-state index in [4.69, 9.17) is 9.05 Å². The maximum Gasteiger partial charge on any atom is 0.268 e. The summed E-state index contributed by atoms with van der Waals surface area (Å²) in [5.74, 6) is -0.206. The Bertz CT molecular complexity index is 1150. The molecule has 0 aromatic rings. The van der Waals surface area contributed by atoms with Gasteiger partial charge in [-0.05, 0) is 57.8 Å². The van der Waals surface area contributed by atoms with Gasteiger partial charge < -0.3 is 28.8 Å². The molecule has 9 heteroatoms. The van der Waals surface area contributed by atoms with Gasteiger partial charge in [-0.2, -0.15) is 0 Å². The Kier molecular flexibility index (Phi) is 46.8. The van der Waals surface area contributed by atoms with Gasteiger partial charge in [0, 0.05) is 6.42 Å². The lowest BCUT2D eigenvalue weighted by Crippen LogP contribution is -2.45. The van der Waals surface area contributed by atoms with Crippen LogP contribution in [0.4, 0.5) is 0 Å². The predicted molar refractivity (Wildman–Crippen MR) is 279 cm³/mol. The number of aliphatic hydroxyl groups is 1. The van der Waals surface area contributed by atoms with E-state index < -0.39 is 26.6 Å². The minimum Gasteiger partial charge on any atom is -0.756 e. The summed E-state index contributed by atoms with van der Waals surface area (Å²) in [7, 11) is 1.25. The van der Waals surface area contributed by atoms with E-state index in [9.17, 15) is 19.4 Å². The lowest BCUT2D eigenvalue weighted by molar-refractivity contribution is -0.870. The number of nitrogens with one attached hydrogen (secondary N) is 1. The van der Waals surface area contributed by atoms with Crippen molar-refractivity contribution in [2.24, 2.45) is 0 Å². The number of allylic oxidation sites excluding steroid dienone is 5. The molecule has 0 aromatic heterocycles. The number of likely N-dealkylation sites (N-methyl/N-ethyl adjacent to an activating group) is 1. The Morgan fingerprint density at radius 3 is 1.25 bits per heavy atom. The topological polar surface area (TPSA) is 108 Å². The molecule has 0 rings (SSSR count). The van der Waals surface area contributed by atoms with Crippen molar-refractivity contribution < 1.29 is 32.9 Å². The molecule has 0 saturated heterocycles. The number of aliphatic hydroxyl groups excluding tert-OH is 1. The third-order valence-electron chi connectivity index (χ3n) is 12.6. The van der Waals surface area contributed by atoms with Crippen molar-refractivity contribution >= 4 is 13.7 Å². The number of rotatable bonds is 51. The molecule has 0 bridgehead atoms. The second kappa shape index (κ2) is 47.8. The van der Waals surface area contributed by atoms with Crippen LogP contribution in [0, 0.1) is 0 Å². The second-order valence-corrected chi connectivity index (χ2v) is 21.7. The number of hydrogen-bond acceptors (Lipinski definition) is 6. The minimum absolute atomic E-state index is 0.00556. The number of carbonyl (C=O) groups excluding carboxylic acids is 1. The van der Waals surface area contributed by atoms with Crippen LogP contribution in [0.2, 0.25) is 0 Å². The molecule has 0 aromatic carbocycles. The van der Waals surface area contributed by atoms with E-state index in [-0.39, 0.29) is 12.5 Å². The second-order valence-electron chi connectivity index (χ2n) is 20.3. The molecule has 0 aliphatic heterocycles. The van der Waals surface area contributed by atoms with Crippen LogP contribution in [-0.4, -0.2) is 68.5 Å². The molecule has 384 valence electrons. The van der Waals surface area contributed by atoms with Gasteiger partial charge in [0.1, 0.15) is 13.2 Å². The first-order chi connectivity index (χ1) is 31.5. The first-order valence-corrected chi connectivity index (χ1v) is 29.3. The number of carbonyl (C=O) groups is 1. The summed E-state index contributed by atoms with van der Waals surface area (Å²) in [5, 5.41) is 13.8. The van der Waals surface area contributed by atoms with Crippen LogP contribution in [0.3, 0.4) is 0 Å². The van der Waals surface area contributed by atoms with Crippen molar-refractivity contribution in [3.63, 3.8) is 0 Å². The summed E-state index contributed by atoms with van der Waals surface area (Å²) in [4.78, 5) is 25.4. The van der Waals surface area contributed by atoms with Gasteiger partial charge in [0.05, 0.1) is 39.9 Å². The van der Waals surface area contributed by atoms with Crippen molar-refractivity contribution in [2.45, 2.75) is 276 Å². The Morgan fingerprint density at radius 2 is 0.862 bits per heavy atom. The molecule has 3 atom stereocenters. The molecular formula is C56H109N2O6P. The first kappa shape index (κ1) is 63.7. The SMILES string of the molecule is CCCCCCC/C=C/CC/C=C/C(O)C(COP(=O)([O-])OCC[N+](C)(C)C)NC(=O)CCCCCCCCCCCCCCCCCC/C=C\CCCCCCCCCCCCCC. The highest BCUT2D eigenvalue weighted by molar-refractivity contribution is 7.45. The van der Waals surface area contributed by atoms with E-state index in [0.29, 0.717) is 17.4 Å². The molecular weight excluding hydrogens is 828 g/mol. The van der Waals surface area contributed by atoms with Crippen molar-refractivity contribution in [1.29, 1.82) is 0 Å². The van der Waals surface area contributed by atoms with E-state index in [1.165, 1.54) is 205 Å². The van der Waals surface area contributed by atoms with Crippen LogP contribution in [0.5, 0.6) is 0 Å². The summed E-state index contributed by atoms with van der Waals surface area (Å²) < 4.78 is 23.2. The average molecular weight is 937 g/mol. The first-order valence-electron chi connectivity index (χ1n) is 27.9. The van der Waals surface area contributed by atoms with Gasteiger partial charge in [0.2, 0.25) is 5.91 Å². The lowest BCUT2D eigenvalue weighted by atomic mass is 10.0. The molecule has 65 heavy (non-hydrogen) atoms. The molecule has 3 unspecified atom stereocenters. The number of unbranched alkanes of at least 4 members (excludes halogenated alkanes) is 34. The number of nitrogens with zero attached hydrogens (tertiary/aromatic N) is 1. The standard InChI is InChI=1S/C56H109N2O6P/c1-6-8-10-12-14-16-18-19-20-21-22-23-24-25-26-27-28-29-30-31-32-33-34-35-36-37-38-40-42-44-46-48-50-56(60)57-54(53-64-65(61,62)63-52-51-58(3,4)5)55(59)49-47-45-43-41-39-17-15-13-11-9-7-2/h25-26,39,41,47,49,54-55,59H,6-24,27-38,40,42-46,48,50-53H2,1-5H3,(H-,57,60,61,62)/b26-25-,41-39+,49-47+. The van der Waals surface area contributed by atoms with E-state index in [1.54, 1.807) is 6.08 Å². The number of hydrogen-bond donors (Lipinski definition) is 2. The molecule has 8 nitrogen and oxygen atoms in total. The van der Waals surface area contributed by atoms with Crippen LogP contribution in [0.25, 0.3) is 0 Å². The molecule has 0 fully saturated rings. The van der Waals surface area contributed by atoms with Gasteiger partial charge >= 0.3 is 0 Å². The Morgan fingerprint density at radius 1 is 0.523 bits per heavy atom. The number of amides is 1. The fourth-order valence-electron chi connectivity index (χ4n) is 8.17. The van der Waals surface area contributed by atoms with Crippen LogP contribution in [0.15, 0.2) is 36.5 Å². The van der Waals surface area contributed by atoms with Crippen molar-refractivity contribution in [1.82, 2.24) is 5.32 Å². The predicted octanol–water partition coefficient (Wildman–Crippen LogP) is 16.0. The fraction of sp³-hybridized carbons (Fsp3) is 0.875. The normalized spacial score (nSPS) is 14.3. The highest BCUT2D eigenvalue weighted by Gasteiger charge is 2.23. The van der Waals surface area contributed by atoms with Crippen molar-refractivity contribution in [3.8, 4) is 0 Å².